The second kappa shape index (κ2) is 5.88. The summed E-state index contributed by atoms with van der Waals surface area (Å²) in [6, 6.07) is 0. The maximum Gasteiger partial charge on any atom is 0.0926 e. The third kappa shape index (κ3) is 2.78. The molecule has 1 aliphatic carbocycles. The van der Waals surface area contributed by atoms with Gasteiger partial charge in [-0.15, -0.1) is 0 Å². The quantitative estimate of drug-likeness (QED) is 0.904. The molecule has 0 spiro atoms. The minimum Gasteiger partial charge on any atom is -0.348 e. The van der Waals surface area contributed by atoms with E-state index in [4.69, 9.17) is 0 Å². The maximum atomic E-state index is 4.56. The van der Waals surface area contributed by atoms with Gasteiger partial charge in [-0.3, -0.25) is 4.90 Å². The number of nitrogens with zero attached hydrogens (tertiary/aromatic N) is 2. The molecule has 112 valence electrons. The molecule has 0 bridgehead atoms. The molecule has 1 fully saturated rings. The average Bonchev–Trinajstić information content (AvgIpc) is 2.92. The Morgan fingerprint density at radius 3 is 2.90 bits per heavy atom. The van der Waals surface area contributed by atoms with Gasteiger partial charge in [-0.1, -0.05) is 32.1 Å². The van der Waals surface area contributed by atoms with Gasteiger partial charge in [-0.05, 0) is 39.2 Å². The Bertz CT molecular complexity index is 429. The van der Waals surface area contributed by atoms with E-state index in [-0.39, 0.29) is 5.54 Å². The molecule has 1 aliphatic heterocycles. The zero-order chi connectivity index (χ0) is 14.0. The summed E-state index contributed by atoms with van der Waals surface area (Å²) in [6.45, 7) is 7.06. The van der Waals surface area contributed by atoms with Gasteiger partial charge in [0.1, 0.15) is 0 Å². The van der Waals surface area contributed by atoms with E-state index >= 15 is 0 Å². The molecule has 0 radical (unpaired) electrons. The fraction of sp³-hybridized carbons (Fsp3) is 0.824. The smallest absolute Gasteiger partial charge is 0.0926 e. The summed E-state index contributed by atoms with van der Waals surface area (Å²) in [5.74, 6) is 1.01. The molecule has 0 unspecified atom stereocenters. The first kappa shape index (κ1) is 14.1. The van der Waals surface area contributed by atoms with E-state index in [2.05, 4.69) is 28.7 Å². The van der Waals surface area contributed by atoms with Crippen LogP contribution in [0.15, 0.2) is 6.33 Å². The lowest BCUT2D eigenvalue weighted by Gasteiger charge is -2.41. The molecule has 0 amide bonds. The normalized spacial score (nSPS) is 23.7. The standard InChI is InChI=1S/C17H29N3/c1-17(2)16-15(18-13-19-16)10-12-20(17)11-6-9-14-7-4-3-5-8-14/h13-14H,3-12H2,1-2H3,(H,18,19). The Labute approximate surface area is 123 Å². The molecule has 1 N–H and O–H groups in total. The summed E-state index contributed by atoms with van der Waals surface area (Å²) in [4.78, 5) is 10.5. The van der Waals surface area contributed by atoms with Gasteiger partial charge in [0.25, 0.3) is 0 Å². The van der Waals surface area contributed by atoms with E-state index in [0.717, 1.165) is 12.3 Å². The van der Waals surface area contributed by atoms with Crippen molar-refractivity contribution in [3.8, 4) is 0 Å². The van der Waals surface area contributed by atoms with Crippen molar-refractivity contribution in [2.75, 3.05) is 13.1 Å². The highest BCUT2D eigenvalue weighted by atomic mass is 15.2. The lowest BCUT2D eigenvalue weighted by molar-refractivity contribution is 0.0974. The molecule has 3 rings (SSSR count). The summed E-state index contributed by atoms with van der Waals surface area (Å²) in [5.41, 5.74) is 2.71. The first-order chi connectivity index (χ1) is 9.68. The number of aromatic amines is 1. The zero-order valence-corrected chi connectivity index (χ0v) is 13.1. The van der Waals surface area contributed by atoms with Crippen LogP contribution in [0.1, 0.15) is 70.2 Å². The van der Waals surface area contributed by atoms with Crippen LogP contribution in [0.2, 0.25) is 0 Å². The minimum atomic E-state index is 0.0974. The summed E-state index contributed by atoms with van der Waals surface area (Å²) in [6.07, 6.45) is 13.1. The Morgan fingerprint density at radius 1 is 1.30 bits per heavy atom. The fourth-order valence-corrected chi connectivity index (χ4v) is 4.15. The third-order valence-electron chi connectivity index (χ3n) is 5.49. The van der Waals surface area contributed by atoms with Gasteiger partial charge in [0, 0.05) is 18.7 Å². The molecule has 20 heavy (non-hydrogen) atoms. The second-order valence-corrected chi connectivity index (χ2v) is 7.17. The first-order valence-corrected chi connectivity index (χ1v) is 8.45. The molecular formula is C17H29N3. The van der Waals surface area contributed by atoms with Crippen molar-refractivity contribution in [2.45, 2.75) is 70.8 Å². The molecule has 2 heterocycles. The van der Waals surface area contributed by atoms with E-state index in [9.17, 15) is 0 Å². The van der Waals surface area contributed by atoms with Gasteiger partial charge in [0.2, 0.25) is 0 Å². The van der Waals surface area contributed by atoms with Crippen molar-refractivity contribution in [3.05, 3.63) is 17.7 Å². The topological polar surface area (TPSA) is 31.9 Å². The Morgan fingerprint density at radius 2 is 2.10 bits per heavy atom. The fourth-order valence-electron chi connectivity index (χ4n) is 4.15. The van der Waals surface area contributed by atoms with Crippen molar-refractivity contribution >= 4 is 0 Å². The van der Waals surface area contributed by atoms with Crippen molar-refractivity contribution < 1.29 is 0 Å². The molecule has 3 nitrogen and oxygen atoms in total. The monoisotopic (exact) mass is 275 g/mol. The SMILES string of the molecule is CC1(C)c2nc[nH]c2CCN1CCCC1CCCCC1. The third-order valence-corrected chi connectivity index (χ3v) is 5.49. The maximum absolute atomic E-state index is 4.56. The lowest BCUT2D eigenvalue weighted by atomic mass is 9.85. The van der Waals surface area contributed by atoms with Gasteiger partial charge in [0.05, 0.1) is 17.6 Å². The van der Waals surface area contributed by atoms with Crippen molar-refractivity contribution in [1.82, 2.24) is 14.9 Å². The van der Waals surface area contributed by atoms with E-state index in [1.165, 1.54) is 69.4 Å². The molecule has 1 aromatic rings. The van der Waals surface area contributed by atoms with Crippen molar-refractivity contribution in [1.29, 1.82) is 0 Å². The predicted molar refractivity (Wildman–Crippen MR) is 82.7 cm³/mol. The number of imidazole rings is 1. The Hall–Kier alpha value is -0.830. The van der Waals surface area contributed by atoms with E-state index in [1.807, 2.05) is 6.33 Å². The number of nitrogens with one attached hydrogen (secondary N) is 1. The summed E-state index contributed by atoms with van der Waals surface area (Å²) < 4.78 is 0. The van der Waals surface area contributed by atoms with Gasteiger partial charge in [-0.2, -0.15) is 0 Å². The number of hydrogen-bond donors (Lipinski definition) is 1. The number of rotatable bonds is 4. The van der Waals surface area contributed by atoms with Crippen molar-refractivity contribution in [2.24, 2.45) is 5.92 Å². The molecule has 3 heteroatoms. The molecule has 0 atom stereocenters. The van der Waals surface area contributed by atoms with E-state index in [1.54, 1.807) is 0 Å². The first-order valence-electron chi connectivity index (χ1n) is 8.45. The van der Waals surface area contributed by atoms with Crippen LogP contribution in [0.5, 0.6) is 0 Å². The zero-order valence-electron chi connectivity index (χ0n) is 13.1. The lowest BCUT2D eigenvalue weighted by Crippen LogP contribution is -2.47. The number of fused-ring (bicyclic) bond motifs is 1. The molecule has 2 aliphatic rings. The number of H-pyrrole nitrogens is 1. The highest BCUT2D eigenvalue weighted by Crippen LogP contribution is 2.34. The van der Waals surface area contributed by atoms with Gasteiger partial charge in [-0.25, -0.2) is 4.98 Å². The molecule has 0 aromatic carbocycles. The number of hydrogen-bond acceptors (Lipinski definition) is 2. The molecule has 0 saturated heterocycles. The molecule has 1 aromatic heterocycles. The number of aromatic nitrogens is 2. The van der Waals surface area contributed by atoms with Crippen LogP contribution in [0, 0.1) is 5.92 Å². The van der Waals surface area contributed by atoms with E-state index < -0.39 is 0 Å². The van der Waals surface area contributed by atoms with Gasteiger partial charge >= 0.3 is 0 Å². The highest BCUT2D eigenvalue weighted by molar-refractivity contribution is 5.23. The van der Waals surface area contributed by atoms with Crippen LogP contribution in [0.25, 0.3) is 0 Å². The van der Waals surface area contributed by atoms with E-state index in [0.29, 0.717) is 0 Å². The van der Waals surface area contributed by atoms with Crippen LogP contribution in [-0.4, -0.2) is 28.0 Å². The van der Waals surface area contributed by atoms with Crippen molar-refractivity contribution in [3.63, 3.8) is 0 Å². The minimum absolute atomic E-state index is 0.0974. The van der Waals surface area contributed by atoms with Crippen LogP contribution >= 0.6 is 0 Å². The van der Waals surface area contributed by atoms with Crippen LogP contribution in [0.4, 0.5) is 0 Å². The highest BCUT2D eigenvalue weighted by Gasteiger charge is 2.36. The van der Waals surface area contributed by atoms with Crippen LogP contribution in [0.3, 0.4) is 0 Å². The predicted octanol–water partition coefficient (Wildman–Crippen LogP) is 3.86. The largest absolute Gasteiger partial charge is 0.348 e. The Balaban J connectivity index is 1.53. The molecule has 1 saturated carbocycles. The van der Waals surface area contributed by atoms with Crippen LogP contribution < -0.4 is 0 Å². The Kier molecular flexibility index (Phi) is 4.16. The summed E-state index contributed by atoms with van der Waals surface area (Å²) >= 11 is 0. The van der Waals surface area contributed by atoms with Crippen LogP contribution in [-0.2, 0) is 12.0 Å². The average molecular weight is 275 g/mol. The summed E-state index contributed by atoms with van der Waals surface area (Å²) in [5, 5.41) is 0. The molecular weight excluding hydrogens is 246 g/mol. The van der Waals surface area contributed by atoms with Gasteiger partial charge < -0.3 is 4.98 Å². The summed E-state index contributed by atoms with van der Waals surface area (Å²) in [7, 11) is 0. The second-order valence-electron chi connectivity index (χ2n) is 7.17. The van der Waals surface area contributed by atoms with Gasteiger partial charge in [0.15, 0.2) is 0 Å².